The predicted molar refractivity (Wildman–Crippen MR) is 91.2 cm³/mol. The molecule has 0 radical (unpaired) electrons. The number of benzene rings is 2. The molecule has 0 aromatic heterocycles. The molecular formula is C18H16ClF2NO4. The minimum atomic E-state index is -0.971. The molecule has 2 aromatic rings. The van der Waals surface area contributed by atoms with Gasteiger partial charge in [0.2, 0.25) is 0 Å². The van der Waals surface area contributed by atoms with Crippen LogP contribution in [0.15, 0.2) is 42.5 Å². The standard InChI is InChI=1S/C18H16ClF2NO4/c19-14-3-1-2-4-16(14)25-9-10-26-17(23)7-8-22-18(24)13-6-5-12(20)11-15(13)21/h1-6,11H,7-10H2,(H,22,24). The SMILES string of the molecule is O=C(CCNC(=O)c1ccc(F)cc1F)OCCOc1ccccc1Cl. The molecule has 1 amide bonds. The number of hydrogen-bond donors (Lipinski definition) is 1. The Bertz CT molecular complexity index is 786. The number of esters is 1. The molecule has 0 aliphatic rings. The quantitative estimate of drug-likeness (QED) is 0.561. The fourth-order valence-electron chi connectivity index (χ4n) is 1.99. The summed E-state index contributed by atoms with van der Waals surface area (Å²) >= 11 is 5.91. The number of carbonyl (C=O) groups is 2. The van der Waals surface area contributed by atoms with Gasteiger partial charge in [-0.15, -0.1) is 0 Å². The second kappa shape index (κ2) is 9.72. The first-order chi connectivity index (χ1) is 12.5. The molecule has 0 unspecified atom stereocenters. The van der Waals surface area contributed by atoms with Gasteiger partial charge in [-0.05, 0) is 24.3 Å². The predicted octanol–water partition coefficient (Wildman–Crippen LogP) is 3.36. The Hall–Kier alpha value is -2.67. The largest absolute Gasteiger partial charge is 0.488 e. The van der Waals surface area contributed by atoms with Gasteiger partial charge < -0.3 is 14.8 Å². The summed E-state index contributed by atoms with van der Waals surface area (Å²) < 4.78 is 36.5. The van der Waals surface area contributed by atoms with Crippen molar-refractivity contribution in [2.45, 2.75) is 6.42 Å². The van der Waals surface area contributed by atoms with E-state index in [0.717, 1.165) is 12.1 Å². The smallest absolute Gasteiger partial charge is 0.307 e. The highest BCUT2D eigenvalue weighted by atomic mass is 35.5. The van der Waals surface area contributed by atoms with Gasteiger partial charge in [0, 0.05) is 12.6 Å². The molecule has 2 rings (SSSR count). The van der Waals surface area contributed by atoms with E-state index in [2.05, 4.69) is 5.32 Å². The first kappa shape index (κ1) is 19.7. The van der Waals surface area contributed by atoms with Crippen LogP contribution in [0, 0.1) is 11.6 Å². The van der Waals surface area contributed by atoms with Crippen LogP contribution in [0.25, 0.3) is 0 Å². The highest BCUT2D eigenvalue weighted by Gasteiger charge is 2.13. The maximum absolute atomic E-state index is 13.4. The molecule has 5 nitrogen and oxygen atoms in total. The second-order valence-corrected chi connectivity index (χ2v) is 5.54. The number of rotatable bonds is 8. The van der Waals surface area contributed by atoms with E-state index in [-0.39, 0.29) is 31.7 Å². The molecule has 26 heavy (non-hydrogen) atoms. The summed E-state index contributed by atoms with van der Waals surface area (Å²) in [7, 11) is 0. The van der Waals surface area contributed by atoms with Gasteiger partial charge in [0.05, 0.1) is 17.0 Å². The summed E-state index contributed by atoms with van der Waals surface area (Å²) in [6.45, 7) is 0.104. The molecule has 0 saturated carbocycles. The zero-order chi connectivity index (χ0) is 18.9. The van der Waals surface area contributed by atoms with Crippen molar-refractivity contribution in [3.8, 4) is 5.75 Å². The van der Waals surface area contributed by atoms with Gasteiger partial charge in [0.15, 0.2) is 0 Å². The summed E-state index contributed by atoms with van der Waals surface area (Å²) in [5.74, 6) is -2.55. The molecule has 8 heteroatoms. The first-order valence-electron chi connectivity index (χ1n) is 7.73. The first-order valence-corrected chi connectivity index (χ1v) is 8.11. The minimum absolute atomic E-state index is 0.0184. The Morgan fingerprint density at radius 1 is 1.08 bits per heavy atom. The van der Waals surface area contributed by atoms with Crippen LogP contribution in [0.4, 0.5) is 8.78 Å². The third kappa shape index (κ3) is 6.00. The normalized spacial score (nSPS) is 10.3. The van der Waals surface area contributed by atoms with Crippen molar-refractivity contribution in [1.82, 2.24) is 5.32 Å². The Morgan fingerprint density at radius 3 is 2.58 bits per heavy atom. The molecule has 0 heterocycles. The Labute approximate surface area is 153 Å². The summed E-state index contributed by atoms with van der Waals surface area (Å²) in [5.41, 5.74) is -0.298. The highest BCUT2D eigenvalue weighted by Crippen LogP contribution is 2.22. The fourth-order valence-corrected chi connectivity index (χ4v) is 2.18. The van der Waals surface area contributed by atoms with E-state index in [9.17, 15) is 18.4 Å². The molecule has 0 aliphatic heterocycles. The van der Waals surface area contributed by atoms with Crippen molar-refractivity contribution in [1.29, 1.82) is 0 Å². The number of nitrogens with one attached hydrogen (secondary N) is 1. The van der Waals surface area contributed by atoms with E-state index in [4.69, 9.17) is 21.1 Å². The van der Waals surface area contributed by atoms with E-state index in [1.807, 2.05) is 0 Å². The summed E-state index contributed by atoms with van der Waals surface area (Å²) in [6, 6.07) is 9.52. The van der Waals surface area contributed by atoms with Crippen LogP contribution in [0.2, 0.25) is 5.02 Å². The summed E-state index contributed by atoms with van der Waals surface area (Å²) in [6.07, 6.45) is -0.0966. The topological polar surface area (TPSA) is 64.6 Å². The van der Waals surface area contributed by atoms with E-state index in [1.54, 1.807) is 24.3 Å². The molecule has 0 bridgehead atoms. The van der Waals surface area contributed by atoms with Gasteiger partial charge in [-0.2, -0.15) is 0 Å². The lowest BCUT2D eigenvalue weighted by Crippen LogP contribution is -2.27. The molecule has 138 valence electrons. The van der Waals surface area contributed by atoms with Crippen molar-refractivity contribution in [3.05, 3.63) is 64.7 Å². The summed E-state index contributed by atoms with van der Waals surface area (Å²) in [5, 5.41) is 2.82. The molecule has 2 aromatic carbocycles. The molecule has 0 fully saturated rings. The number of hydrogen-bond acceptors (Lipinski definition) is 4. The molecule has 0 spiro atoms. The van der Waals surface area contributed by atoms with Crippen molar-refractivity contribution in [2.24, 2.45) is 0 Å². The van der Waals surface area contributed by atoms with Crippen LogP contribution in [0.1, 0.15) is 16.8 Å². The second-order valence-electron chi connectivity index (χ2n) is 5.13. The molecule has 0 atom stereocenters. The fraction of sp³-hybridized carbons (Fsp3) is 0.222. The van der Waals surface area contributed by atoms with E-state index in [1.165, 1.54) is 0 Å². The van der Waals surface area contributed by atoms with Crippen molar-refractivity contribution >= 4 is 23.5 Å². The summed E-state index contributed by atoms with van der Waals surface area (Å²) in [4.78, 5) is 23.3. The Kier molecular flexibility index (Phi) is 7.35. The Morgan fingerprint density at radius 2 is 1.85 bits per heavy atom. The number of halogens is 3. The zero-order valence-electron chi connectivity index (χ0n) is 13.6. The average molecular weight is 384 g/mol. The van der Waals surface area contributed by atoms with Gasteiger partial charge in [-0.1, -0.05) is 23.7 Å². The van der Waals surface area contributed by atoms with Gasteiger partial charge in [0.1, 0.15) is 30.6 Å². The maximum Gasteiger partial charge on any atom is 0.307 e. The molecular weight excluding hydrogens is 368 g/mol. The van der Waals surface area contributed by atoms with Crippen LogP contribution in [-0.4, -0.2) is 31.6 Å². The zero-order valence-corrected chi connectivity index (χ0v) is 14.4. The maximum atomic E-state index is 13.4. The lowest BCUT2D eigenvalue weighted by atomic mass is 10.2. The molecule has 1 N–H and O–H groups in total. The third-order valence-electron chi connectivity index (χ3n) is 3.23. The van der Waals surface area contributed by atoms with Crippen LogP contribution >= 0.6 is 11.6 Å². The monoisotopic (exact) mass is 383 g/mol. The van der Waals surface area contributed by atoms with E-state index >= 15 is 0 Å². The van der Waals surface area contributed by atoms with Crippen molar-refractivity contribution in [2.75, 3.05) is 19.8 Å². The third-order valence-corrected chi connectivity index (χ3v) is 3.54. The Balaban J connectivity index is 1.64. The van der Waals surface area contributed by atoms with Gasteiger partial charge in [0.25, 0.3) is 5.91 Å². The van der Waals surface area contributed by atoms with E-state index in [0.29, 0.717) is 16.8 Å². The van der Waals surface area contributed by atoms with Gasteiger partial charge >= 0.3 is 5.97 Å². The van der Waals surface area contributed by atoms with Gasteiger partial charge in [-0.25, -0.2) is 8.78 Å². The van der Waals surface area contributed by atoms with Gasteiger partial charge in [-0.3, -0.25) is 9.59 Å². The van der Waals surface area contributed by atoms with Crippen LogP contribution in [0.3, 0.4) is 0 Å². The number of ether oxygens (including phenoxy) is 2. The van der Waals surface area contributed by atoms with E-state index < -0.39 is 23.5 Å². The number of amides is 1. The van der Waals surface area contributed by atoms with Crippen LogP contribution < -0.4 is 10.1 Å². The highest BCUT2D eigenvalue weighted by molar-refractivity contribution is 6.32. The molecule has 0 aliphatic carbocycles. The number of carbonyl (C=O) groups excluding carboxylic acids is 2. The minimum Gasteiger partial charge on any atom is -0.488 e. The van der Waals surface area contributed by atoms with Crippen LogP contribution in [-0.2, 0) is 9.53 Å². The average Bonchev–Trinajstić information content (AvgIpc) is 2.60. The lowest BCUT2D eigenvalue weighted by Gasteiger charge is -2.09. The van der Waals surface area contributed by atoms with Crippen molar-refractivity contribution < 1.29 is 27.8 Å². The van der Waals surface area contributed by atoms with Crippen LogP contribution in [0.5, 0.6) is 5.75 Å². The van der Waals surface area contributed by atoms with Crippen molar-refractivity contribution in [3.63, 3.8) is 0 Å². The number of para-hydroxylation sites is 1. The molecule has 0 saturated heterocycles. The lowest BCUT2D eigenvalue weighted by molar-refractivity contribution is -0.144.